The Labute approximate surface area is 189 Å². The van der Waals surface area contributed by atoms with Crippen molar-refractivity contribution < 1.29 is 12.8 Å². The molecule has 164 valence electrons. The average molecular weight is 480 g/mol. The SMILES string of the molecule is CC(C)c1ccc(-c2nnc(-c3cc(Cl)c([C@]4(C)CS(=O)(=O)N(C)C(N)=N4)s3)o2)cc1. The summed E-state index contributed by atoms with van der Waals surface area (Å²) < 4.78 is 31.8. The van der Waals surface area contributed by atoms with Crippen molar-refractivity contribution in [3.63, 3.8) is 0 Å². The van der Waals surface area contributed by atoms with Crippen molar-refractivity contribution in [3.8, 4) is 22.2 Å². The molecule has 0 bridgehead atoms. The van der Waals surface area contributed by atoms with E-state index >= 15 is 0 Å². The molecule has 0 amide bonds. The topological polar surface area (TPSA) is 115 Å². The summed E-state index contributed by atoms with van der Waals surface area (Å²) in [6, 6.07) is 9.65. The summed E-state index contributed by atoms with van der Waals surface area (Å²) in [4.78, 5) is 5.61. The van der Waals surface area contributed by atoms with Crippen LogP contribution in [0.3, 0.4) is 0 Å². The molecule has 0 saturated heterocycles. The molecular formula is C20H22ClN5O3S2. The largest absolute Gasteiger partial charge is 0.415 e. The van der Waals surface area contributed by atoms with E-state index in [1.54, 1.807) is 13.0 Å². The lowest BCUT2D eigenvalue weighted by Gasteiger charge is -2.33. The first-order valence-corrected chi connectivity index (χ1v) is 12.4. The molecule has 0 saturated carbocycles. The lowest BCUT2D eigenvalue weighted by molar-refractivity contribution is 0.482. The van der Waals surface area contributed by atoms with Crippen molar-refractivity contribution in [2.24, 2.45) is 10.7 Å². The van der Waals surface area contributed by atoms with Gasteiger partial charge in [-0.15, -0.1) is 21.5 Å². The monoisotopic (exact) mass is 479 g/mol. The van der Waals surface area contributed by atoms with E-state index in [1.165, 1.54) is 23.9 Å². The fraction of sp³-hybridized carbons (Fsp3) is 0.350. The Hall–Kier alpha value is -2.43. The van der Waals surface area contributed by atoms with Gasteiger partial charge in [-0.3, -0.25) is 0 Å². The van der Waals surface area contributed by atoms with Gasteiger partial charge in [0.2, 0.25) is 21.9 Å². The Morgan fingerprint density at radius 1 is 1.23 bits per heavy atom. The molecule has 0 spiro atoms. The standard InChI is InChI=1S/C20H22ClN5O3S2/c1-11(2)12-5-7-13(8-6-12)17-24-25-18(29-17)15-9-14(21)16(30-15)20(3)10-31(27,28)26(4)19(22)23-20/h5-9,11H,10H2,1-4H3,(H2,22,23)/t20-/m0/s1. The van der Waals surface area contributed by atoms with E-state index in [2.05, 4.69) is 29.0 Å². The summed E-state index contributed by atoms with van der Waals surface area (Å²) in [7, 11) is -2.23. The predicted octanol–water partition coefficient (Wildman–Crippen LogP) is 4.05. The number of hydrogen-bond donors (Lipinski definition) is 1. The van der Waals surface area contributed by atoms with Crippen LogP contribution in [0.1, 0.15) is 37.1 Å². The summed E-state index contributed by atoms with van der Waals surface area (Å²) in [6.45, 7) is 5.96. The van der Waals surface area contributed by atoms with Crippen LogP contribution in [-0.2, 0) is 15.6 Å². The molecule has 4 rings (SSSR count). The fourth-order valence-corrected chi connectivity index (χ4v) is 6.44. The molecule has 1 atom stereocenters. The zero-order valence-electron chi connectivity index (χ0n) is 17.5. The van der Waals surface area contributed by atoms with Gasteiger partial charge in [-0.25, -0.2) is 17.7 Å². The number of nitrogens with two attached hydrogens (primary N) is 1. The molecular weight excluding hydrogens is 458 g/mol. The minimum atomic E-state index is -3.61. The highest BCUT2D eigenvalue weighted by atomic mass is 35.5. The summed E-state index contributed by atoms with van der Waals surface area (Å²) in [6.07, 6.45) is 0. The Kier molecular flexibility index (Phi) is 5.35. The number of halogens is 1. The molecule has 31 heavy (non-hydrogen) atoms. The van der Waals surface area contributed by atoms with Gasteiger partial charge in [0.1, 0.15) is 5.54 Å². The van der Waals surface area contributed by atoms with E-state index < -0.39 is 15.6 Å². The number of sulfonamides is 1. The van der Waals surface area contributed by atoms with E-state index in [0.29, 0.717) is 32.5 Å². The van der Waals surface area contributed by atoms with Gasteiger partial charge in [-0.1, -0.05) is 37.6 Å². The Bertz CT molecular complexity index is 1260. The lowest BCUT2D eigenvalue weighted by Crippen LogP contribution is -2.50. The van der Waals surface area contributed by atoms with Gasteiger partial charge in [0.05, 0.1) is 20.5 Å². The van der Waals surface area contributed by atoms with Gasteiger partial charge < -0.3 is 10.2 Å². The molecule has 11 heteroatoms. The number of nitrogens with zero attached hydrogens (tertiary/aromatic N) is 4. The highest BCUT2D eigenvalue weighted by molar-refractivity contribution is 7.89. The number of hydrogen-bond acceptors (Lipinski definition) is 8. The summed E-state index contributed by atoms with van der Waals surface area (Å²) in [5, 5.41) is 8.67. The molecule has 0 unspecified atom stereocenters. The first-order valence-electron chi connectivity index (χ1n) is 9.56. The first kappa shape index (κ1) is 21.8. The second-order valence-corrected chi connectivity index (χ2v) is 11.4. The molecule has 0 fully saturated rings. The van der Waals surface area contributed by atoms with Gasteiger partial charge in [0.25, 0.3) is 5.89 Å². The normalized spacial score (nSPS) is 20.8. The zero-order valence-corrected chi connectivity index (χ0v) is 19.8. The Morgan fingerprint density at radius 2 is 1.87 bits per heavy atom. The molecule has 1 aliphatic rings. The Balaban J connectivity index is 1.67. The van der Waals surface area contributed by atoms with Gasteiger partial charge in [0.15, 0.2) is 0 Å². The van der Waals surface area contributed by atoms with Gasteiger partial charge >= 0.3 is 0 Å². The van der Waals surface area contributed by atoms with Crippen molar-refractivity contribution >= 4 is 38.9 Å². The third-order valence-corrected chi connectivity index (χ3v) is 8.94. The number of benzene rings is 1. The van der Waals surface area contributed by atoms with Crippen LogP contribution >= 0.6 is 22.9 Å². The van der Waals surface area contributed by atoms with Crippen LogP contribution < -0.4 is 5.73 Å². The molecule has 0 radical (unpaired) electrons. The highest BCUT2D eigenvalue weighted by Crippen LogP contribution is 2.44. The molecule has 3 heterocycles. The number of guanidine groups is 1. The quantitative estimate of drug-likeness (QED) is 0.603. The van der Waals surface area contributed by atoms with Gasteiger partial charge in [0, 0.05) is 12.6 Å². The van der Waals surface area contributed by atoms with E-state index in [9.17, 15) is 8.42 Å². The summed E-state index contributed by atoms with van der Waals surface area (Å²) >= 11 is 7.73. The molecule has 3 aromatic rings. The van der Waals surface area contributed by atoms with Gasteiger partial charge in [-0.05, 0) is 36.6 Å². The van der Waals surface area contributed by atoms with Crippen molar-refractivity contribution in [2.45, 2.75) is 32.2 Å². The van der Waals surface area contributed by atoms with Crippen LogP contribution in [0.2, 0.25) is 5.02 Å². The Morgan fingerprint density at radius 3 is 2.48 bits per heavy atom. The zero-order chi connectivity index (χ0) is 22.6. The van der Waals surface area contributed by atoms with Crippen molar-refractivity contribution in [1.29, 1.82) is 0 Å². The second kappa shape index (κ2) is 7.61. The van der Waals surface area contributed by atoms with Crippen LogP contribution in [0.4, 0.5) is 0 Å². The van der Waals surface area contributed by atoms with Crippen LogP contribution in [-0.4, -0.2) is 41.7 Å². The molecule has 1 aliphatic heterocycles. The first-order chi connectivity index (χ1) is 14.5. The van der Waals surface area contributed by atoms with Crippen molar-refractivity contribution in [3.05, 3.63) is 45.8 Å². The second-order valence-electron chi connectivity index (χ2n) is 7.94. The van der Waals surface area contributed by atoms with E-state index in [0.717, 1.165) is 9.87 Å². The third kappa shape index (κ3) is 3.95. The van der Waals surface area contributed by atoms with E-state index in [1.807, 2.05) is 24.3 Å². The smallest absolute Gasteiger partial charge is 0.258 e. The summed E-state index contributed by atoms with van der Waals surface area (Å²) in [5.74, 6) is 0.808. The van der Waals surface area contributed by atoms with E-state index in [4.69, 9.17) is 21.8 Å². The minimum absolute atomic E-state index is 0.0790. The maximum atomic E-state index is 12.5. The molecule has 2 N–H and O–H groups in total. The van der Waals surface area contributed by atoms with Crippen LogP contribution in [0, 0.1) is 0 Å². The highest BCUT2D eigenvalue weighted by Gasteiger charge is 2.42. The molecule has 1 aromatic carbocycles. The fourth-order valence-electron chi connectivity index (χ4n) is 3.36. The lowest BCUT2D eigenvalue weighted by atomic mass is 10.0. The number of aliphatic imine (C=N–C) groups is 1. The van der Waals surface area contributed by atoms with Crippen LogP contribution in [0.5, 0.6) is 0 Å². The van der Waals surface area contributed by atoms with Crippen LogP contribution in [0.15, 0.2) is 39.7 Å². The third-order valence-electron chi connectivity index (χ3n) is 5.20. The predicted molar refractivity (Wildman–Crippen MR) is 123 cm³/mol. The maximum absolute atomic E-state index is 12.5. The van der Waals surface area contributed by atoms with Gasteiger partial charge in [-0.2, -0.15) is 0 Å². The number of thiophene rings is 1. The summed E-state index contributed by atoms with van der Waals surface area (Å²) in [5.41, 5.74) is 6.78. The van der Waals surface area contributed by atoms with E-state index in [-0.39, 0.29) is 11.7 Å². The average Bonchev–Trinajstić information content (AvgIpc) is 3.33. The molecule has 8 nitrogen and oxygen atoms in total. The van der Waals surface area contributed by atoms with Crippen molar-refractivity contribution in [1.82, 2.24) is 14.5 Å². The minimum Gasteiger partial charge on any atom is -0.415 e. The molecule has 0 aliphatic carbocycles. The number of aromatic nitrogens is 2. The maximum Gasteiger partial charge on any atom is 0.258 e. The molecule has 2 aromatic heterocycles. The van der Waals surface area contributed by atoms with Crippen LogP contribution in [0.25, 0.3) is 22.2 Å². The van der Waals surface area contributed by atoms with Crippen molar-refractivity contribution in [2.75, 3.05) is 12.8 Å². The number of rotatable bonds is 4.